The molecule has 3 aromatic heterocycles. The van der Waals surface area contributed by atoms with E-state index in [1.807, 2.05) is 26.0 Å². The molecule has 4 atom stereocenters. The lowest BCUT2D eigenvalue weighted by Gasteiger charge is -2.16. The molecule has 0 aromatic carbocycles. The van der Waals surface area contributed by atoms with Crippen molar-refractivity contribution in [1.82, 2.24) is 19.9 Å². The van der Waals surface area contributed by atoms with Gasteiger partial charge in [-0.25, -0.2) is 0 Å². The average Bonchev–Trinajstić information content (AvgIpc) is 3.70. The lowest BCUT2D eigenvalue weighted by Crippen LogP contribution is -2.09. The minimum atomic E-state index is -0.266. The third-order valence-corrected chi connectivity index (χ3v) is 9.77. The molecule has 3 aromatic rings. The fourth-order valence-electron chi connectivity index (χ4n) is 7.32. The van der Waals surface area contributed by atoms with E-state index in [0.29, 0.717) is 12.0 Å². The zero-order valence-electron chi connectivity index (χ0n) is 25.4. The number of fused-ring (bicyclic) bond motifs is 8. The van der Waals surface area contributed by atoms with Crippen LogP contribution >= 0.6 is 0 Å². The number of ketones is 2. The zero-order chi connectivity index (χ0) is 30.0. The number of esters is 1. The minimum Gasteiger partial charge on any atom is -0.469 e. The maximum Gasteiger partial charge on any atom is 0.305 e. The lowest BCUT2D eigenvalue weighted by atomic mass is 9.85. The normalized spacial score (nSPS) is 21.2. The number of hydrogen-bond donors (Lipinski definition) is 2. The first-order valence-electron chi connectivity index (χ1n) is 14.9. The van der Waals surface area contributed by atoms with Crippen LogP contribution in [-0.4, -0.2) is 44.6 Å². The number of hydrogen-bond acceptors (Lipinski definition) is 6. The highest BCUT2D eigenvalue weighted by molar-refractivity contribution is 6.13. The number of nitrogens with one attached hydrogen (secondary N) is 2. The number of aryl methyl sites for hydroxylation is 2. The van der Waals surface area contributed by atoms with Crippen LogP contribution in [0.25, 0.3) is 22.1 Å². The highest BCUT2D eigenvalue weighted by Crippen LogP contribution is 2.45. The number of methoxy groups -OCH3 is 1. The van der Waals surface area contributed by atoms with Gasteiger partial charge in [0.05, 0.1) is 23.8 Å². The lowest BCUT2D eigenvalue weighted by molar-refractivity contribution is -0.140. The summed E-state index contributed by atoms with van der Waals surface area (Å²) in [5.74, 6) is 0.123. The molecule has 4 unspecified atom stereocenters. The van der Waals surface area contributed by atoms with Crippen LogP contribution in [0.2, 0.25) is 0 Å². The highest BCUT2D eigenvalue weighted by Gasteiger charge is 2.36. The fourth-order valence-corrected chi connectivity index (χ4v) is 7.32. The summed E-state index contributed by atoms with van der Waals surface area (Å²) in [6, 6.07) is 6.14. The van der Waals surface area contributed by atoms with Crippen molar-refractivity contribution >= 4 is 39.6 Å². The average molecular weight is 567 g/mol. The Labute approximate surface area is 245 Å². The minimum absolute atomic E-state index is 0.00646. The number of aromatic nitrogens is 4. The molecule has 2 aliphatic heterocycles. The zero-order valence-corrected chi connectivity index (χ0v) is 25.4. The molecule has 8 bridgehead atoms. The molecule has 3 aliphatic rings. The van der Waals surface area contributed by atoms with Gasteiger partial charge in [0.15, 0.2) is 11.6 Å². The van der Waals surface area contributed by atoms with Gasteiger partial charge >= 0.3 is 5.97 Å². The van der Waals surface area contributed by atoms with E-state index in [2.05, 4.69) is 36.8 Å². The van der Waals surface area contributed by atoms with Crippen LogP contribution in [0, 0.1) is 13.8 Å². The van der Waals surface area contributed by atoms with E-state index < -0.39 is 0 Å². The first-order chi connectivity index (χ1) is 20.0. The fraction of sp³-hybridized carbons (Fsp3) is 0.441. The smallest absolute Gasteiger partial charge is 0.305 e. The molecule has 0 saturated carbocycles. The molecule has 8 heteroatoms. The summed E-state index contributed by atoms with van der Waals surface area (Å²) in [5.41, 5.74) is 11.0. The molecule has 42 heavy (non-hydrogen) atoms. The van der Waals surface area contributed by atoms with Gasteiger partial charge in [0.1, 0.15) is 0 Å². The topological polar surface area (TPSA) is 118 Å². The van der Waals surface area contributed by atoms with Gasteiger partial charge < -0.3 is 14.7 Å². The van der Waals surface area contributed by atoms with Gasteiger partial charge in [-0.1, -0.05) is 20.8 Å². The van der Waals surface area contributed by atoms with E-state index in [1.165, 1.54) is 7.11 Å². The van der Waals surface area contributed by atoms with Crippen LogP contribution < -0.4 is 0 Å². The molecule has 6 rings (SSSR count). The van der Waals surface area contributed by atoms with E-state index in [1.54, 1.807) is 6.92 Å². The predicted octanol–water partition coefficient (Wildman–Crippen LogP) is 7.01. The molecule has 1 aliphatic carbocycles. The molecule has 0 spiro atoms. The highest BCUT2D eigenvalue weighted by atomic mass is 16.5. The van der Waals surface area contributed by atoms with E-state index in [0.717, 1.165) is 73.5 Å². The SMILES string of the molecule is CCC1c2cc3[nH]c4c(c5nc(cc6[nH]c(cc(n2)C1C)c(C(C)=O)c6C)C(C)C5CCC(=O)OC)CC(=O)c4c3C. The number of H-pyrrole nitrogens is 2. The number of carbonyl (C=O) groups is 3. The quantitative estimate of drug-likeness (QED) is 0.253. The van der Waals surface area contributed by atoms with E-state index in [4.69, 9.17) is 14.7 Å². The Balaban J connectivity index is 1.74. The Morgan fingerprint density at radius 3 is 2.26 bits per heavy atom. The standard InChI is InChI=1S/C34H38N4O4/c1-8-20-15(2)23-14-28-31(19(6)39)17(4)25(36-28)12-24-16(3)21(9-10-30(41)42-7)33(37-24)22-11-29(40)32-18(5)26(38-34(22)32)13-27(20)35-23/h12-16,20-21,36,38H,8-11H2,1-7H3. The van der Waals surface area contributed by atoms with Crippen molar-refractivity contribution in [2.24, 2.45) is 0 Å². The summed E-state index contributed by atoms with van der Waals surface area (Å²) in [7, 11) is 1.40. The Morgan fingerprint density at radius 1 is 0.929 bits per heavy atom. The third-order valence-electron chi connectivity index (χ3n) is 9.77. The second-order valence-corrected chi connectivity index (χ2v) is 12.1. The van der Waals surface area contributed by atoms with Crippen molar-refractivity contribution in [3.8, 4) is 0 Å². The van der Waals surface area contributed by atoms with Gasteiger partial charge in [-0.3, -0.25) is 24.4 Å². The molecular formula is C34H38N4O4. The summed E-state index contributed by atoms with van der Waals surface area (Å²) >= 11 is 0. The third kappa shape index (κ3) is 4.30. The Hall–Kier alpha value is -4.07. The summed E-state index contributed by atoms with van der Waals surface area (Å²) in [5, 5.41) is 0. The predicted molar refractivity (Wildman–Crippen MR) is 162 cm³/mol. The molecular weight excluding hydrogens is 528 g/mol. The van der Waals surface area contributed by atoms with Crippen LogP contribution in [0.5, 0.6) is 0 Å². The molecule has 8 nitrogen and oxygen atoms in total. The van der Waals surface area contributed by atoms with Crippen molar-refractivity contribution < 1.29 is 19.1 Å². The maximum atomic E-state index is 13.4. The number of carbonyl (C=O) groups excluding carboxylic acids is 3. The van der Waals surface area contributed by atoms with Crippen LogP contribution in [0.15, 0.2) is 18.2 Å². The number of nitrogens with zero attached hydrogens (tertiary/aromatic N) is 2. The van der Waals surface area contributed by atoms with Gasteiger partial charge in [0.2, 0.25) is 0 Å². The van der Waals surface area contributed by atoms with Gasteiger partial charge in [-0.15, -0.1) is 0 Å². The Morgan fingerprint density at radius 2 is 1.57 bits per heavy atom. The second-order valence-electron chi connectivity index (χ2n) is 12.1. The number of aromatic amines is 2. The Kier molecular flexibility index (Phi) is 6.90. The van der Waals surface area contributed by atoms with E-state index in [-0.39, 0.29) is 54.0 Å². The number of rotatable bonds is 5. The summed E-state index contributed by atoms with van der Waals surface area (Å²) < 4.78 is 4.95. The van der Waals surface area contributed by atoms with Gasteiger partial charge in [0, 0.05) is 81.3 Å². The van der Waals surface area contributed by atoms with Crippen molar-refractivity contribution in [2.75, 3.05) is 7.11 Å². The van der Waals surface area contributed by atoms with Crippen molar-refractivity contribution in [3.63, 3.8) is 0 Å². The van der Waals surface area contributed by atoms with Crippen LogP contribution in [0.3, 0.4) is 0 Å². The number of ether oxygens (including phenoxy) is 1. The van der Waals surface area contributed by atoms with Gasteiger partial charge in [-0.05, 0) is 62.9 Å². The Bertz CT molecular complexity index is 1830. The molecule has 0 fully saturated rings. The second kappa shape index (κ2) is 10.3. The van der Waals surface area contributed by atoms with E-state index >= 15 is 0 Å². The van der Waals surface area contributed by atoms with Crippen molar-refractivity contribution in [2.45, 2.75) is 90.9 Å². The summed E-state index contributed by atoms with van der Waals surface area (Å²) in [6.07, 6.45) is 2.01. The molecule has 0 amide bonds. The monoisotopic (exact) mass is 566 g/mol. The van der Waals surface area contributed by atoms with Gasteiger partial charge in [-0.2, -0.15) is 0 Å². The molecule has 5 heterocycles. The van der Waals surface area contributed by atoms with Crippen LogP contribution in [-0.2, 0) is 16.0 Å². The summed E-state index contributed by atoms with van der Waals surface area (Å²) in [6.45, 7) is 12.0. The first-order valence-corrected chi connectivity index (χ1v) is 14.9. The molecule has 0 radical (unpaired) electrons. The largest absolute Gasteiger partial charge is 0.469 e. The maximum absolute atomic E-state index is 13.4. The summed E-state index contributed by atoms with van der Waals surface area (Å²) in [4.78, 5) is 55.8. The number of Topliss-reactive ketones (excluding diaryl/α,β-unsaturated/α-hetero) is 2. The van der Waals surface area contributed by atoms with Crippen LogP contribution in [0.4, 0.5) is 0 Å². The van der Waals surface area contributed by atoms with E-state index in [9.17, 15) is 14.4 Å². The molecule has 2 N–H and O–H groups in total. The molecule has 0 saturated heterocycles. The molecule has 218 valence electrons. The van der Waals surface area contributed by atoms with Crippen molar-refractivity contribution in [1.29, 1.82) is 0 Å². The first kappa shape index (κ1) is 28.1. The van der Waals surface area contributed by atoms with Crippen LogP contribution in [0.1, 0.15) is 131 Å². The van der Waals surface area contributed by atoms with Gasteiger partial charge in [0.25, 0.3) is 0 Å². The van der Waals surface area contributed by atoms with Crippen molar-refractivity contribution in [3.05, 3.63) is 68.8 Å².